The average Bonchev–Trinajstić information content (AvgIpc) is 3.31. The molecule has 4 heterocycles. The van der Waals surface area contributed by atoms with Crippen molar-refractivity contribution in [3.63, 3.8) is 0 Å². The minimum atomic E-state index is 0.373. The Morgan fingerprint density at radius 2 is 2.17 bits per heavy atom. The van der Waals surface area contributed by atoms with Crippen molar-refractivity contribution in [3.05, 3.63) is 35.2 Å². The van der Waals surface area contributed by atoms with E-state index >= 15 is 0 Å². The third-order valence-electron chi connectivity index (χ3n) is 3.79. The molecule has 0 atom stereocenters. The Kier molecular flexibility index (Phi) is 2.98. The Morgan fingerprint density at radius 1 is 1.17 bits per heavy atom. The van der Waals surface area contributed by atoms with Gasteiger partial charge in [-0.05, 0) is 48.7 Å². The molecule has 0 radical (unpaired) electrons. The molecule has 0 saturated heterocycles. The van der Waals surface area contributed by atoms with E-state index in [-0.39, 0.29) is 0 Å². The predicted octanol–water partition coefficient (Wildman–Crippen LogP) is 3.97. The second kappa shape index (κ2) is 5.17. The van der Waals surface area contributed by atoms with Gasteiger partial charge in [-0.15, -0.1) is 21.5 Å². The highest BCUT2D eigenvalue weighted by atomic mass is 32.2. The summed E-state index contributed by atoms with van der Waals surface area (Å²) in [5.41, 5.74) is 1.39. The molecule has 0 bridgehead atoms. The molecule has 0 aromatic carbocycles. The first-order valence-corrected chi connectivity index (χ1v) is 8.82. The number of nitrogens with zero attached hydrogens (tertiary/aromatic N) is 4. The normalized spacial score (nSPS) is 13.7. The lowest BCUT2D eigenvalue weighted by Crippen LogP contribution is -1.87. The van der Waals surface area contributed by atoms with Crippen molar-refractivity contribution in [2.45, 2.75) is 29.5 Å². The third kappa shape index (κ3) is 2.17. The highest BCUT2D eigenvalue weighted by molar-refractivity contribution is 7.99. The SMILES string of the molecule is c1coc(-c2nnc(Sc3ncnc4sc5c(c34)CCC5)o2)c1. The molecule has 1 aliphatic rings. The maximum Gasteiger partial charge on any atom is 0.284 e. The zero-order valence-electron chi connectivity index (χ0n) is 11.9. The van der Waals surface area contributed by atoms with Crippen molar-refractivity contribution in [2.75, 3.05) is 0 Å². The standard InChI is InChI=1S/C15H10N4O2S2/c1-3-8-10(5-1)22-13-11(8)14(17-7-16-13)23-15-19-18-12(21-15)9-4-2-6-20-9/h2,4,6-7H,1,3,5H2. The van der Waals surface area contributed by atoms with Gasteiger partial charge in [0.15, 0.2) is 5.76 Å². The number of rotatable bonds is 3. The topological polar surface area (TPSA) is 77.8 Å². The van der Waals surface area contributed by atoms with Crippen LogP contribution in [-0.2, 0) is 12.8 Å². The summed E-state index contributed by atoms with van der Waals surface area (Å²) in [7, 11) is 0. The predicted molar refractivity (Wildman–Crippen MR) is 85.6 cm³/mol. The fourth-order valence-corrected chi connectivity index (χ4v) is 4.89. The lowest BCUT2D eigenvalue weighted by atomic mass is 10.2. The molecule has 0 spiro atoms. The van der Waals surface area contributed by atoms with Gasteiger partial charge in [-0.2, -0.15) is 0 Å². The van der Waals surface area contributed by atoms with Gasteiger partial charge in [0, 0.05) is 10.3 Å². The summed E-state index contributed by atoms with van der Waals surface area (Å²) in [6.07, 6.45) is 6.62. The third-order valence-corrected chi connectivity index (χ3v) is 5.83. The Bertz CT molecular complexity index is 990. The van der Waals surface area contributed by atoms with Crippen molar-refractivity contribution in [2.24, 2.45) is 0 Å². The minimum Gasteiger partial charge on any atom is -0.459 e. The van der Waals surface area contributed by atoms with E-state index < -0.39 is 0 Å². The molecule has 23 heavy (non-hydrogen) atoms. The van der Waals surface area contributed by atoms with Crippen LogP contribution >= 0.6 is 23.1 Å². The van der Waals surface area contributed by atoms with E-state index in [9.17, 15) is 0 Å². The fourth-order valence-electron chi connectivity index (χ4n) is 2.81. The van der Waals surface area contributed by atoms with Gasteiger partial charge in [-0.3, -0.25) is 0 Å². The van der Waals surface area contributed by atoms with Gasteiger partial charge in [0.25, 0.3) is 11.1 Å². The molecular formula is C15H10N4O2S2. The lowest BCUT2D eigenvalue weighted by Gasteiger charge is -2.00. The summed E-state index contributed by atoms with van der Waals surface area (Å²) in [6, 6.07) is 3.57. The quantitative estimate of drug-likeness (QED) is 0.521. The van der Waals surface area contributed by atoms with Crippen LogP contribution in [0.15, 0.2) is 43.8 Å². The van der Waals surface area contributed by atoms with Gasteiger partial charge < -0.3 is 8.83 Å². The first-order chi connectivity index (χ1) is 11.4. The molecule has 5 rings (SSSR count). The second-order valence-electron chi connectivity index (χ2n) is 5.17. The Balaban J connectivity index is 1.54. The summed E-state index contributed by atoms with van der Waals surface area (Å²) in [5.74, 6) is 0.937. The van der Waals surface area contributed by atoms with E-state index in [1.807, 2.05) is 0 Å². The minimum absolute atomic E-state index is 0.373. The summed E-state index contributed by atoms with van der Waals surface area (Å²) < 4.78 is 10.9. The smallest absolute Gasteiger partial charge is 0.284 e. The van der Waals surface area contributed by atoms with Crippen LogP contribution in [0, 0.1) is 0 Å². The van der Waals surface area contributed by atoms with Gasteiger partial charge in [-0.1, -0.05) is 0 Å². The molecule has 8 heteroatoms. The van der Waals surface area contributed by atoms with Gasteiger partial charge in [0.2, 0.25) is 0 Å². The van der Waals surface area contributed by atoms with Crippen LogP contribution in [0.3, 0.4) is 0 Å². The molecule has 0 unspecified atom stereocenters. The van der Waals surface area contributed by atoms with Crippen LogP contribution in [0.1, 0.15) is 16.9 Å². The van der Waals surface area contributed by atoms with E-state index in [4.69, 9.17) is 8.83 Å². The zero-order valence-corrected chi connectivity index (χ0v) is 13.5. The monoisotopic (exact) mass is 342 g/mol. The van der Waals surface area contributed by atoms with Crippen LogP contribution in [0.25, 0.3) is 21.9 Å². The number of aromatic nitrogens is 4. The number of hydrogen-bond donors (Lipinski definition) is 0. The van der Waals surface area contributed by atoms with Gasteiger partial charge in [-0.25, -0.2) is 9.97 Å². The van der Waals surface area contributed by atoms with Crippen LogP contribution < -0.4 is 0 Å². The highest BCUT2D eigenvalue weighted by Crippen LogP contribution is 2.41. The molecule has 4 aromatic rings. The summed E-state index contributed by atoms with van der Waals surface area (Å²) in [5, 5.41) is 10.6. The van der Waals surface area contributed by atoms with Crippen LogP contribution in [-0.4, -0.2) is 20.2 Å². The van der Waals surface area contributed by atoms with E-state index in [1.54, 1.807) is 36.1 Å². The number of fused-ring (bicyclic) bond motifs is 3. The molecular weight excluding hydrogens is 332 g/mol. The molecule has 1 aliphatic carbocycles. The highest BCUT2D eigenvalue weighted by Gasteiger charge is 2.22. The molecule has 0 amide bonds. The molecule has 6 nitrogen and oxygen atoms in total. The van der Waals surface area contributed by atoms with Gasteiger partial charge >= 0.3 is 0 Å². The van der Waals surface area contributed by atoms with E-state index in [0.29, 0.717) is 16.9 Å². The van der Waals surface area contributed by atoms with E-state index in [1.165, 1.54) is 28.6 Å². The second-order valence-corrected chi connectivity index (χ2v) is 7.19. The fraction of sp³-hybridized carbons (Fsp3) is 0.200. The number of furan rings is 1. The number of hydrogen-bond acceptors (Lipinski definition) is 8. The Hall–Kier alpha value is -2.19. The zero-order chi connectivity index (χ0) is 15.2. The maximum atomic E-state index is 5.67. The molecule has 4 aromatic heterocycles. The Labute approximate surface area is 139 Å². The van der Waals surface area contributed by atoms with Crippen LogP contribution in [0.4, 0.5) is 0 Å². The van der Waals surface area contributed by atoms with Crippen molar-refractivity contribution in [3.8, 4) is 11.7 Å². The Morgan fingerprint density at radius 3 is 3.09 bits per heavy atom. The summed E-state index contributed by atoms with van der Waals surface area (Å²) in [4.78, 5) is 11.3. The first-order valence-electron chi connectivity index (χ1n) is 7.19. The number of thiophene rings is 1. The van der Waals surface area contributed by atoms with E-state index in [0.717, 1.165) is 28.1 Å². The molecule has 114 valence electrons. The molecule has 0 saturated carbocycles. The van der Waals surface area contributed by atoms with E-state index in [2.05, 4.69) is 20.2 Å². The number of aryl methyl sites for hydroxylation is 2. The van der Waals surface area contributed by atoms with Crippen LogP contribution in [0.2, 0.25) is 0 Å². The van der Waals surface area contributed by atoms with Crippen molar-refractivity contribution in [1.82, 2.24) is 20.2 Å². The van der Waals surface area contributed by atoms with Crippen molar-refractivity contribution in [1.29, 1.82) is 0 Å². The lowest BCUT2D eigenvalue weighted by molar-refractivity contribution is 0.447. The summed E-state index contributed by atoms with van der Waals surface area (Å²) in [6.45, 7) is 0. The van der Waals surface area contributed by atoms with Crippen molar-refractivity contribution < 1.29 is 8.83 Å². The molecule has 0 fully saturated rings. The summed E-state index contributed by atoms with van der Waals surface area (Å²) >= 11 is 3.15. The van der Waals surface area contributed by atoms with Gasteiger partial charge in [0.05, 0.1) is 6.26 Å². The first kappa shape index (κ1) is 13.3. The van der Waals surface area contributed by atoms with Crippen LogP contribution in [0.5, 0.6) is 0 Å². The maximum absolute atomic E-state index is 5.67. The average molecular weight is 342 g/mol. The largest absolute Gasteiger partial charge is 0.459 e. The molecule has 0 N–H and O–H groups in total. The molecule has 0 aliphatic heterocycles. The van der Waals surface area contributed by atoms with Crippen molar-refractivity contribution >= 4 is 33.3 Å². The van der Waals surface area contributed by atoms with Gasteiger partial charge in [0.1, 0.15) is 16.2 Å².